The van der Waals surface area contributed by atoms with Gasteiger partial charge in [0.15, 0.2) is 0 Å². The van der Waals surface area contributed by atoms with Crippen LogP contribution in [0.4, 0.5) is 0 Å². The van der Waals surface area contributed by atoms with E-state index in [1.807, 2.05) is 0 Å². The second kappa shape index (κ2) is 8.89. The van der Waals surface area contributed by atoms with Gasteiger partial charge in [-0.3, -0.25) is 9.59 Å². The third-order valence-electron chi connectivity index (χ3n) is 3.36. The van der Waals surface area contributed by atoms with E-state index in [1.165, 1.54) is 0 Å². The number of nitrogens with zero attached hydrogens (tertiary/aromatic N) is 1. The van der Waals surface area contributed by atoms with Gasteiger partial charge in [-0.15, -0.1) is 0 Å². The van der Waals surface area contributed by atoms with Crippen LogP contribution in [-0.4, -0.2) is 24.0 Å². The summed E-state index contributed by atoms with van der Waals surface area (Å²) in [5.74, 6) is 0.524. The number of carbonyl (C=O) groups is 2. The molecular formula is C16H18Cl2N2O3. The van der Waals surface area contributed by atoms with Crippen molar-refractivity contribution in [2.45, 2.75) is 38.5 Å². The van der Waals surface area contributed by atoms with Crippen LogP contribution in [0.25, 0.3) is 0 Å². The molecule has 23 heavy (non-hydrogen) atoms. The molecule has 0 bridgehead atoms. The van der Waals surface area contributed by atoms with Crippen molar-refractivity contribution in [3.63, 3.8) is 0 Å². The fourth-order valence-corrected chi connectivity index (χ4v) is 2.66. The highest BCUT2D eigenvalue weighted by Crippen LogP contribution is 2.27. The van der Waals surface area contributed by atoms with Crippen molar-refractivity contribution in [3.05, 3.63) is 28.2 Å². The van der Waals surface area contributed by atoms with Crippen LogP contribution >= 0.6 is 23.2 Å². The van der Waals surface area contributed by atoms with Crippen molar-refractivity contribution in [1.29, 1.82) is 0 Å². The highest BCUT2D eigenvalue weighted by molar-refractivity contribution is 6.35. The van der Waals surface area contributed by atoms with Crippen LogP contribution in [0.1, 0.15) is 38.5 Å². The smallest absolute Gasteiger partial charge is 0.240 e. The summed E-state index contributed by atoms with van der Waals surface area (Å²) in [5, 5.41) is 5.00. The molecule has 0 aliphatic heterocycles. The van der Waals surface area contributed by atoms with Gasteiger partial charge >= 0.3 is 0 Å². The summed E-state index contributed by atoms with van der Waals surface area (Å²) >= 11 is 11.8. The van der Waals surface area contributed by atoms with Crippen LogP contribution < -0.4 is 10.2 Å². The molecular weight excluding hydrogens is 339 g/mol. The quantitative estimate of drug-likeness (QED) is 0.623. The number of hydrogen-bond donors (Lipinski definition) is 1. The molecule has 7 heteroatoms. The average Bonchev–Trinajstić information content (AvgIpc) is 2.51. The van der Waals surface area contributed by atoms with Gasteiger partial charge in [-0.1, -0.05) is 23.2 Å². The lowest BCUT2D eigenvalue weighted by atomic mass is 9.97. The van der Waals surface area contributed by atoms with E-state index in [9.17, 15) is 9.59 Å². The van der Waals surface area contributed by atoms with Gasteiger partial charge in [-0.2, -0.15) is 5.10 Å². The summed E-state index contributed by atoms with van der Waals surface area (Å²) in [6, 6.07) is 4.99. The van der Waals surface area contributed by atoms with E-state index >= 15 is 0 Å². The molecule has 0 unspecified atom stereocenters. The molecule has 0 saturated heterocycles. The Hall–Kier alpha value is -1.59. The van der Waals surface area contributed by atoms with Gasteiger partial charge in [-0.25, -0.2) is 5.43 Å². The van der Waals surface area contributed by atoms with Crippen LogP contribution in [0.5, 0.6) is 5.75 Å². The zero-order valence-corrected chi connectivity index (χ0v) is 14.1. The van der Waals surface area contributed by atoms with Crippen LogP contribution in [0, 0.1) is 0 Å². The maximum atomic E-state index is 11.7. The molecule has 1 aliphatic rings. The van der Waals surface area contributed by atoms with E-state index < -0.39 is 0 Å². The largest absolute Gasteiger partial charge is 0.492 e. The van der Waals surface area contributed by atoms with Crippen molar-refractivity contribution in [2.75, 3.05) is 6.61 Å². The molecule has 1 aliphatic carbocycles. The highest BCUT2D eigenvalue weighted by atomic mass is 35.5. The monoisotopic (exact) mass is 356 g/mol. The standard InChI is InChI=1S/C16H18Cl2N2O3/c17-11-6-7-15(14(18)9-11)23-8-2-5-16(22)20-19-12-3-1-4-13(21)10-12/h6-7,9H,1-5,8,10H2,(H,20,22)/b19-12+. The minimum Gasteiger partial charge on any atom is -0.492 e. The third-order valence-corrected chi connectivity index (χ3v) is 3.89. The zero-order chi connectivity index (χ0) is 16.7. The Morgan fingerprint density at radius 2 is 2.13 bits per heavy atom. The Balaban J connectivity index is 1.66. The fourth-order valence-electron chi connectivity index (χ4n) is 2.19. The second-order valence-electron chi connectivity index (χ2n) is 5.31. The molecule has 1 fully saturated rings. The number of Topliss-reactive ketones (excluding diaryl/α,β-unsaturated/α-hetero) is 1. The summed E-state index contributed by atoms with van der Waals surface area (Å²) < 4.78 is 5.50. The summed E-state index contributed by atoms with van der Waals surface area (Å²) in [6.07, 6.45) is 3.36. The number of amides is 1. The number of ether oxygens (including phenoxy) is 1. The highest BCUT2D eigenvalue weighted by Gasteiger charge is 2.14. The number of halogens is 2. The van der Waals surface area contributed by atoms with Gasteiger partial charge in [0.05, 0.1) is 11.6 Å². The van der Waals surface area contributed by atoms with E-state index in [2.05, 4.69) is 10.5 Å². The first kappa shape index (κ1) is 17.8. The maximum absolute atomic E-state index is 11.7. The van der Waals surface area contributed by atoms with E-state index in [0.29, 0.717) is 41.7 Å². The third kappa shape index (κ3) is 6.20. The van der Waals surface area contributed by atoms with Crippen LogP contribution in [-0.2, 0) is 9.59 Å². The van der Waals surface area contributed by atoms with Crippen molar-refractivity contribution in [3.8, 4) is 5.75 Å². The Labute approximate surface area is 145 Å². The summed E-state index contributed by atoms with van der Waals surface area (Å²) in [4.78, 5) is 23.0. The number of hydrazone groups is 1. The first-order valence-corrected chi connectivity index (χ1v) is 8.24. The lowest BCUT2D eigenvalue weighted by molar-refractivity contribution is -0.121. The zero-order valence-electron chi connectivity index (χ0n) is 12.6. The predicted molar refractivity (Wildman–Crippen MR) is 90.2 cm³/mol. The van der Waals surface area contributed by atoms with Crippen molar-refractivity contribution >= 4 is 40.6 Å². The molecule has 0 spiro atoms. The first-order valence-electron chi connectivity index (χ1n) is 7.48. The number of nitrogens with one attached hydrogen (secondary N) is 1. The maximum Gasteiger partial charge on any atom is 0.240 e. The summed E-state index contributed by atoms with van der Waals surface area (Å²) in [5.41, 5.74) is 3.24. The topological polar surface area (TPSA) is 67.8 Å². The van der Waals surface area contributed by atoms with Crippen molar-refractivity contribution in [2.24, 2.45) is 5.10 Å². The minimum atomic E-state index is -0.193. The van der Waals surface area contributed by atoms with E-state index in [-0.39, 0.29) is 18.1 Å². The number of hydrogen-bond acceptors (Lipinski definition) is 4. The van der Waals surface area contributed by atoms with Crippen molar-refractivity contribution < 1.29 is 14.3 Å². The van der Waals surface area contributed by atoms with Gasteiger partial charge < -0.3 is 4.74 Å². The molecule has 1 saturated carbocycles. The number of carbonyl (C=O) groups excluding carboxylic acids is 2. The molecule has 0 radical (unpaired) electrons. The molecule has 0 atom stereocenters. The Morgan fingerprint density at radius 1 is 1.30 bits per heavy atom. The molecule has 1 aromatic carbocycles. The molecule has 0 heterocycles. The molecule has 2 rings (SSSR count). The Bertz CT molecular complexity index is 617. The molecule has 1 N–H and O–H groups in total. The van der Waals surface area contributed by atoms with Gasteiger partial charge in [0.25, 0.3) is 0 Å². The molecule has 1 aromatic rings. The lowest BCUT2D eigenvalue weighted by Gasteiger charge is -2.11. The van der Waals surface area contributed by atoms with E-state index in [0.717, 1.165) is 18.6 Å². The number of rotatable bonds is 6. The van der Waals surface area contributed by atoms with Crippen molar-refractivity contribution in [1.82, 2.24) is 5.43 Å². The van der Waals surface area contributed by atoms with E-state index in [1.54, 1.807) is 18.2 Å². The molecule has 0 aromatic heterocycles. The lowest BCUT2D eigenvalue weighted by Crippen LogP contribution is -2.23. The fraction of sp³-hybridized carbons (Fsp3) is 0.438. The first-order chi connectivity index (χ1) is 11.0. The average molecular weight is 357 g/mol. The normalized spacial score (nSPS) is 16.4. The van der Waals surface area contributed by atoms with Crippen LogP contribution in [0.2, 0.25) is 10.0 Å². The predicted octanol–water partition coefficient (Wildman–Crippen LogP) is 3.77. The molecule has 124 valence electrons. The SMILES string of the molecule is O=C1CCC/C(=N\NC(=O)CCCOc2ccc(Cl)cc2Cl)C1. The van der Waals surface area contributed by atoms with Crippen LogP contribution in [0.3, 0.4) is 0 Å². The molecule has 5 nitrogen and oxygen atoms in total. The van der Waals surface area contributed by atoms with Gasteiger partial charge in [0, 0.05) is 30.0 Å². The van der Waals surface area contributed by atoms with Gasteiger partial charge in [-0.05, 0) is 37.5 Å². The summed E-state index contributed by atoms with van der Waals surface area (Å²) in [6.45, 7) is 0.365. The number of ketones is 1. The van der Waals surface area contributed by atoms with Crippen LogP contribution in [0.15, 0.2) is 23.3 Å². The van der Waals surface area contributed by atoms with Gasteiger partial charge in [0.2, 0.25) is 5.91 Å². The second-order valence-corrected chi connectivity index (χ2v) is 6.15. The van der Waals surface area contributed by atoms with Gasteiger partial charge in [0.1, 0.15) is 11.5 Å². The molecule has 1 amide bonds. The Morgan fingerprint density at radius 3 is 2.87 bits per heavy atom. The number of benzene rings is 1. The minimum absolute atomic E-state index is 0.178. The Kier molecular flexibility index (Phi) is 6.86. The summed E-state index contributed by atoms with van der Waals surface area (Å²) in [7, 11) is 0. The van der Waals surface area contributed by atoms with E-state index in [4.69, 9.17) is 27.9 Å².